The minimum Gasteiger partial charge on any atom is -0.351 e. The number of hydrogen-bond donors (Lipinski definition) is 3. The molecule has 3 N–H and O–H groups in total. The van der Waals surface area contributed by atoms with Gasteiger partial charge in [-0.1, -0.05) is 19.1 Å². The molecule has 0 saturated carbocycles. The van der Waals surface area contributed by atoms with Gasteiger partial charge in [-0.2, -0.15) is 8.42 Å². The van der Waals surface area contributed by atoms with E-state index in [4.69, 9.17) is 0 Å². The summed E-state index contributed by atoms with van der Waals surface area (Å²) in [5.74, 6) is 0.135. The molecule has 7 nitrogen and oxygen atoms in total. The van der Waals surface area contributed by atoms with E-state index in [-0.39, 0.29) is 16.6 Å². The maximum atomic E-state index is 12.1. The average molecular weight is 386 g/mol. The number of rotatable bonds is 7. The first-order chi connectivity index (χ1) is 13.0. The van der Waals surface area contributed by atoms with Gasteiger partial charge >= 0.3 is 0 Å². The predicted molar refractivity (Wildman–Crippen MR) is 106 cm³/mol. The van der Waals surface area contributed by atoms with E-state index in [1.54, 1.807) is 42.5 Å². The van der Waals surface area contributed by atoms with Crippen LogP contribution in [-0.2, 0) is 10.0 Å². The number of hydrogen-bond acceptors (Lipinski definition) is 5. The van der Waals surface area contributed by atoms with Crippen molar-refractivity contribution in [3.05, 3.63) is 59.7 Å². The third-order valence-corrected chi connectivity index (χ3v) is 5.39. The Hall–Kier alpha value is -2.71. The van der Waals surface area contributed by atoms with E-state index in [2.05, 4.69) is 27.3 Å². The molecule has 0 saturated heterocycles. The molecule has 0 atom stereocenters. The molecule has 27 heavy (non-hydrogen) atoms. The Kier molecular flexibility index (Phi) is 5.88. The van der Waals surface area contributed by atoms with Crippen LogP contribution in [0, 0.1) is 0 Å². The van der Waals surface area contributed by atoms with Crippen molar-refractivity contribution in [3.8, 4) is 0 Å². The first-order valence-electron chi connectivity index (χ1n) is 8.81. The molecule has 0 fully saturated rings. The molecule has 2 aromatic carbocycles. The van der Waals surface area contributed by atoms with E-state index in [9.17, 15) is 13.2 Å². The van der Waals surface area contributed by atoms with Crippen molar-refractivity contribution in [3.63, 3.8) is 0 Å². The molecule has 0 aromatic heterocycles. The Labute approximate surface area is 159 Å². The molecule has 1 heterocycles. The minimum absolute atomic E-state index is 0.147. The highest BCUT2D eigenvalue weighted by atomic mass is 32.2. The van der Waals surface area contributed by atoms with Gasteiger partial charge in [-0.05, 0) is 49.4 Å². The summed E-state index contributed by atoms with van der Waals surface area (Å²) in [4.78, 5) is 12.3. The highest BCUT2D eigenvalue weighted by Crippen LogP contribution is 2.26. The molecule has 0 bridgehead atoms. The van der Waals surface area contributed by atoms with E-state index >= 15 is 0 Å². The number of anilines is 1. The van der Waals surface area contributed by atoms with Gasteiger partial charge in [0.05, 0.1) is 0 Å². The average Bonchev–Trinajstić information content (AvgIpc) is 2.92. The Bertz CT molecular complexity index is 953. The molecule has 142 valence electrons. The van der Waals surface area contributed by atoms with Gasteiger partial charge in [-0.3, -0.25) is 4.79 Å². The van der Waals surface area contributed by atoms with Gasteiger partial charge < -0.3 is 16.0 Å². The SMILES string of the molecule is CCCNCCNC(=O)c1ccc(NC2=NS(=O)(=O)c3ccccc32)cc1. The van der Waals surface area contributed by atoms with Gasteiger partial charge in [-0.25, -0.2) is 0 Å². The maximum absolute atomic E-state index is 12.1. The normalized spacial score (nSPS) is 14.3. The number of nitrogens with one attached hydrogen (secondary N) is 3. The summed E-state index contributed by atoms with van der Waals surface area (Å²) in [6, 6.07) is 13.5. The van der Waals surface area contributed by atoms with Crippen LogP contribution in [0.25, 0.3) is 0 Å². The third kappa shape index (κ3) is 4.53. The molecule has 0 aliphatic carbocycles. The van der Waals surface area contributed by atoms with Gasteiger partial charge in [0, 0.05) is 29.9 Å². The topological polar surface area (TPSA) is 99.7 Å². The number of carbonyl (C=O) groups is 1. The fraction of sp³-hybridized carbons (Fsp3) is 0.263. The van der Waals surface area contributed by atoms with Crippen molar-refractivity contribution < 1.29 is 13.2 Å². The van der Waals surface area contributed by atoms with Crippen LogP contribution in [0.2, 0.25) is 0 Å². The van der Waals surface area contributed by atoms with Crippen LogP contribution >= 0.6 is 0 Å². The summed E-state index contributed by atoms with van der Waals surface area (Å²) in [5.41, 5.74) is 1.73. The smallest absolute Gasteiger partial charge is 0.285 e. The summed E-state index contributed by atoms with van der Waals surface area (Å²) >= 11 is 0. The number of carbonyl (C=O) groups excluding carboxylic acids is 1. The molecular weight excluding hydrogens is 364 g/mol. The highest BCUT2D eigenvalue weighted by Gasteiger charge is 2.28. The van der Waals surface area contributed by atoms with Crippen LogP contribution in [-0.4, -0.2) is 39.8 Å². The molecule has 0 unspecified atom stereocenters. The quantitative estimate of drug-likeness (QED) is 0.632. The molecule has 1 amide bonds. The fourth-order valence-corrected chi connectivity index (χ4v) is 3.88. The predicted octanol–water partition coefficient (Wildman–Crippen LogP) is 1.98. The van der Waals surface area contributed by atoms with E-state index < -0.39 is 10.0 Å². The van der Waals surface area contributed by atoms with Crippen molar-refractivity contribution >= 4 is 27.5 Å². The number of amides is 1. The Morgan fingerprint density at radius 2 is 1.74 bits per heavy atom. The van der Waals surface area contributed by atoms with Gasteiger partial charge in [0.1, 0.15) is 4.90 Å². The van der Waals surface area contributed by atoms with E-state index in [0.29, 0.717) is 23.4 Å². The lowest BCUT2D eigenvalue weighted by atomic mass is 10.1. The van der Waals surface area contributed by atoms with Gasteiger partial charge in [-0.15, -0.1) is 4.40 Å². The first-order valence-corrected chi connectivity index (χ1v) is 10.3. The van der Waals surface area contributed by atoms with Crippen LogP contribution in [0.4, 0.5) is 5.69 Å². The number of amidine groups is 1. The van der Waals surface area contributed by atoms with Crippen molar-refractivity contribution in [2.45, 2.75) is 18.2 Å². The second kappa shape index (κ2) is 8.32. The standard InChI is InChI=1S/C19H22N4O3S/c1-2-11-20-12-13-21-19(24)14-7-9-15(10-8-14)22-18-16-5-3-4-6-17(16)27(25,26)23-18/h3-10,20H,2,11-13H2,1H3,(H,21,24)(H,22,23). The summed E-state index contributed by atoms with van der Waals surface area (Å²) in [5, 5.41) is 9.08. The van der Waals surface area contributed by atoms with E-state index in [1.165, 1.54) is 6.07 Å². The third-order valence-electron chi connectivity index (χ3n) is 4.06. The molecule has 1 aliphatic heterocycles. The van der Waals surface area contributed by atoms with Crippen molar-refractivity contribution in [1.82, 2.24) is 10.6 Å². The van der Waals surface area contributed by atoms with Crippen LogP contribution in [0.5, 0.6) is 0 Å². The first kappa shape index (κ1) is 19.1. The molecular formula is C19H22N4O3S. The molecule has 8 heteroatoms. The van der Waals surface area contributed by atoms with Gasteiger partial charge in [0.15, 0.2) is 5.84 Å². The Morgan fingerprint density at radius 1 is 1.00 bits per heavy atom. The summed E-state index contributed by atoms with van der Waals surface area (Å²) in [6.45, 7) is 4.31. The van der Waals surface area contributed by atoms with Gasteiger partial charge in [0.2, 0.25) is 0 Å². The molecule has 3 rings (SSSR count). The lowest BCUT2D eigenvalue weighted by Gasteiger charge is -2.09. The minimum atomic E-state index is -3.66. The van der Waals surface area contributed by atoms with E-state index in [1.807, 2.05) is 0 Å². The second-order valence-electron chi connectivity index (χ2n) is 6.12. The van der Waals surface area contributed by atoms with Crippen LogP contribution in [0.1, 0.15) is 29.3 Å². The zero-order chi connectivity index (χ0) is 19.3. The number of fused-ring (bicyclic) bond motifs is 1. The monoisotopic (exact) mass is 386 g/mol. The summed E-state index contributed by atoms with van der Waals surface area (Å²) < 4.78 is 28.0. The van der Waals surface area contributed by atoms with Crippen LogP contribution in [0.15, 0.2) is 57.8 Å². The Morgan fingerprint density at radius 3 is 2.48 bits per heavy atom. The summed E-state index contributed by atoms with van der Waals surface area (Å²) in [6.07, 6.45) is 1.06. The molecule has 2 aromatic rings. The van der Waals surface area contributed by atoms with Gasteiger partial charge in [0.25, 0.3) is 15.9 Å². The summed E-state index contributed by atoms with van der Waals surface area (Å²) in [7, 11) is -3.66. The largest absolute Gasteiger partial charge is 0.351 e. The fourth-order valence-electron chi connectivity index (χ4n) is 2.71. The van der Waals surface area contributed by atoms with Crippen molar-refractivity contribution in [1.29, 1.82) is 0 Å². The second-order valence-corrected chi connectivity index (χ2v) is 7.69. The zero-order valence-corrected chi connectivity index (χ0v) is 15.8. The van der Waals surface area contributed by atoms with Crippen molar-refractivity contribution in [2.75, 3.05) is 25.0 Å². The Balaban J connectivity index is 1.63. The lowest BCUT2D eigenvalue weighted by molar-refractivity contribution is 0.0954. The number of benzene rings is 2. The maximum Gasteiger partial charge on any atom is 0.285 e. The van der Waals surface area contributed by atoms with Crippen LogP contribution in [0.3, 0.4) is 0 Å². The lowest BCUT2D eigenvalue weighted by Crippen LogP contribution is -2.32. The highest BCUT2D eigenvalue weighted by molar-refractivity contribution is 7.90. The molecule has 1 aliphatic rings. The van der Waals surface area contributed by atoms with Crippen LogP contribution < -0.4 is 16.0 Å². The molecule has 0 spiro atoms. The number of sulfonamides is 1. The number of nitrogens with zero attached hydrogens (tertiary/aromatic N) is 1. The van der Waals surface area contributed by atoms with E-state index in [0.717, 1.165) is 19.5 Å². The zero-order valence-electron chi connectivity index (χ0n) is 15.0. The van der Waals surface area contributed by atoms with Crippen molar-refractivity contribution in [2.24, 2.45) is 4.40 Å². The molecule has 0 radical (unpaired) electrons.